The summed E-state index contributed by atoms with van der Waals surface area (Å²) in [5.74, 6) is 0. The molecule has 0 aromatic carbocycles. The van der Waals surface area contributed by atoms with Crippen molar-refractivity contribution in [1.29, 1.82) is 0 Å². The second-order valence-corrected chi connectivity index (χ2v) is 10.6. The summed E-state index contributed by atoms with van der Waals surface area (Å²) in [5, 5.41) is 0. The Morgan fingerprint density at radius 2 is 0.821 bits per heavy atom. The van der Waals surface area contributed by atoms with E-state index in [1.807, 2.05) is 12.2 Å². The number of aldehydes is 2. The highest BCUT2D eigenvalue weighted by atomic mass is 16.8. The number of carbonyl (C=O) groups excluding carboxylic acids is 2. The van der Waals surface area contributed by atoms with Crippen molar-refractivity contribution in [3.63, 3.8) is 0 Å². The van der Waals surface area contributed by atoms with Gasteiger partial charge in [-0.05, 0) is 63.5 Å². The Kier molecular flexibility index (Phi) is 31.8. The summed E-state index contributed by atoms with van der Waals surface area (Å²) < 4.78 is 18.6. The average molecular weight is 551 g/mol. The van der Waals surface area contributed by atoms with Gasteiger partial charge in [-0.25, -0.2) is 0 Å². The van der Waals surface area contributed by atoms with Crippen molar-refractivity contribution in [3.8, 4) is 0 Å². The van der Waals surface area contributed by atoms with Crippen LogP contribution in [-0.4, -0.2) is 38.4 Å². The van der Waals surface area contributed by atoms with Crippen LogP contribution in [-0.2, 0) is 23.8 Å². The molecule has 0 heterocycles. The van der Waals surface area contributed by atoms with Gasteiger partial charge >= 0.3 is 0 Å². The van der Waals surface area contributed by atoms with E-state index in [1.54, 1.807) is 0 Å². The predicted octanol–water partition coefficient (Wildman–Crippen LogP) is 9.82. The molecule has 0 spiro atoms. The van der Waals surface area contributed by atoms with Crippen LogP contribution in [0, 0.1) is 0 Å². The van der Waals surface area contributed by atoms with Gasteiger partial charge in [0.1, 0.15) is 12.6 Å². The lowest BCUT2D eigenvalue weighted by molar-refractivity contribution is -0.208. The van der Waals surface area contributed by atoms with Gasteiger partial charge in [0.2, 0.25) is 0 Å². The zero-order valence-corrected chi connectivity index (χ0v) is 25.6. The first-order chi connectivity index (χ1) is 19.3. The fraction of sp³-hybridized carbons (Fsp3) is 0.824. The number of ether oxygens (including phenoxy) is 3. The second kappa shape index (κ2) is 32.9. The minimum Gasteiger partial charge on any atom is -0.349 e. The zero-order valence-electron chi connectivity index (χ0n) is 25.6. The van der Waals surface area contributed by atoms with Crippen LogP contribution in [0.3, 0.4) is 0 Å². The number of unbranched alkanes of at least 4 members (excludes halogenated alkanes) is 18. The fourth-order valence-electron chi connectivity index (χ4n) is 4.32. The molecule has 0 fully saturated rings. The Morgan fingerprint density at radius 1 is 0.462 bits per heavy atom. The molecule has 39 heavy (non-hydrogen) atoms. The smallest absolute Gasteiger partial charge is 0.180 e. The number of rotatable bonds is 32. The van der Waals surface area contributed by atoms with Crippen LogP contribution in [0.2, 0.25) is 0 Å². The SMILES string of the molecule is CCCCCCCCCOC(C=CCCCCC=O)OC(C=CCCCCC=O)OCCCCCCCCC. The Bertz CT molecular complexity index is 512. The molecule has 0 aliphatic carbocycles. The van der Waals surface area contributed by atoms with Gasteiger partial charge in [-0.15, -0.1) is 0 Å². The minimum atomic E-state index is -0.449. The molecular formula is C34H62O5. The molecule has 0 saturated heterocycles. The zero-order chi connectivity index (χ0) is 28.5. The molecule has 0 amide bonds. The molecule has 5 heteroatoms. The monoisotopic (exact) mass is 550 g/mol. The Morgan fingerprint density at radius 3 is 1.21 bits per heavy atom. The summed E-state index contributed by atoms with van der Waals surface area (Å²) >= 11 is 0. The molecule has 2 unspecified atom stereocenters. The lowest BCUT2D eigenvalue weighted by Gasteiger charge is -2.22. The van der Waals surface area contributed by atoms with Crippen molar-refractivity contribution in [2.24, 2.45) is 0 Å². The normalized spacial score (nSPS) is 13.4. The molecule has 0 N–H and O–H groups in total. The quantitative estimate of drug-likeness (QED) is 0.0361. The van der Waals surface area contributed by atoms with Crippen molar-refractivity contribution in [1.82, 2.24) is 0 Å². The van der Waals surface area contributed by atoms with E-state index in [0.29, 0.717) is 26.1 Å². The number of hydrogen-bond acceptors (Lipinski definition) is 5. The van der Waals surface area contributed by atoms with Gasteiger partial charge in [-0.2, -0.15) is 0 Å². The van der Waals surface area contributed by atoms with Gasteiger partial charge in [0.15, 0.2) is 12.6 Å². The van der Waals surface area contributed by atoms with Crippen molar-refractivity contribution in [2.45, 2.75) is 168 Å². The molecular weight excluding hydrogens is 488 g/mol. The summed E-state index contributed by atoms with van der Waals surface area (Å²) in [6, 6.07) is 0. The molecule has 0 aromatic heterocycles. The fourth-order valence-corrected chi connectivity index (χ4v) is 4.32. The molecule has 0 rings (SSSR count). The van der Waals surface area contributed by atoms with Crippen molar-refractivity contribution in [3.05, 3.63) is 24.3 Å². The van der Waals surface area contributed by atoms with Crippen LogP contribution < -0.4 is 0 Å². The van der Waals surface area contributed by atoms with E-state index < -0.39 is 12.6 Å². The van der Waals surface area contributed by atoms with E-state index in [0.717, 1.165) is 63.9 Å². The van der Waals surface area contributed by atoms with Crippen molar-refractivity contribution >= 4 is 12.6 Å². The van der Waals surface area contributed by atoms with Crippen molar-refractivity contribution in [2.75, 3.05) is 13.2 Å². The van der Waals surface area contributed by atoms with Crippen LogP contribution in [0.25, 0.3) is 0 Å². The molecule has 0 aromatic rings. The molecule has 5 nitrogen and oxygen atoms in total. The van der Waals surface area contributed by atoms with E-state index >= 15 is 0 Å². The highest BCUT2D eigenvalue weighted by molar-refractivity contribution is 5.49. The number of allylic oxidation sites excluding steroid dienone is 2. The Balaban J connectivity index is 4.80. The Labute approximate surface area is 241 Å². The first kappa shape index (κ1) is 37.7. The van der Waals surface area contributed by atoms with E-state index in [2.05, 4.69) is 26.0 Å². The Hall–Kier alpha value is -1.30. The second-order valence-electron chi connectivity index (χ2n) is 10.6. The number of carbonyl (C=O) groups is 2. The van der Waals surface area contributed by atoms with E-state index in [9.17, 15) is 9.59 Å². The van der Waals surface area contributed by atoms with Gasteiger partial charge < -0.3 is 23.8 Å². The number of hydrogen-bond donors (Lipinski definition) is 0. The first-order valence-corrected chi connectivity index (χ1v) is 16.4. The van der Waals surface area contributed by atoms with E-state index in [4.69, 9.17) is 14.2 Å². The molecule has 0 aliphatic heterocycles. The summed E-state index contributed by atoms with van der Waals surface area (Å²) in [6.07, 6.45) is 33.6. The minimum absolute atomic E-state index is 0.449. The summed E-state index contributed by atoms with van der Waals surface area (Å²) in [5.41, 5.74) is 0. The third-order valence-electron chi connectivity index (χ3n) is 6.80. The maximum atomic E-state index is 10.6. The lowest BCUT2D eigenvalue weighted by Crippen LogP contribution is -2.25. The lowest BCUT2D eigenvalue weighted by atomic mass is 10.1. The largest absolute Gasteiger partial charge is 0.349 e. The third kappa shape index (κ3) is 29.5. The van der Waals surface area contributed by atoms with Gasteiger partial charge in [-0.1, -0.05) is 103 Å². The van der Waals surface area contributed by atoms with E-state index in [-0.39, 0.29) is 0 Å². The van der Waals surface area contributed by atoms with Gasteiger partial charge in [0, 0.05) is 12.8 Å². The maximum absolute atomic E-state index is 10.6. The maximum Gasteiger partial charge on any atom is 0.180 e. The topological polar surface area (TPSA) is 61.8 Å². The highest BCUT2D eigenvalue weighted by Crippen LogP contribution is 2.13. The van der Waals surface area contributed by atoms with Gasteiger partial charge in [0.25, 0.3) is 0 Å². The van der Waals surface area contributed by atoms with Crippen LogP contribution in [0.1, 0.15) is 155 Å². The molecule has 2 atom stereocenters. The third-order valence-corrected chi connectivity index (χ3v) is 6.80. The summed E-state index contributed by atoms with van der Waals surface area (Å²) in [7, 11) is 0. The van der Waals surface area contributed by atoms with Gasteiger partial charge in [0.05, 0.1) is 13.2 Å². The standard InChI is InChI=1S/C34H62O5/c1-3-5-7-9-11-19-25-31-37-33(27-21-15-13-17-23-29-35)39-34(28-22-16-14-18-24-30-36)38-32-26-20-12-10-8-6-4-2/h21-22,27-30,33-34H,3-20,23-26,31-32H2,1-2H3. The van der Waals surface area contributed by atoms with Crippen LogP contribution in [0.4, 0.5) is 0 Å². The summed E-state index contributed by atoms with van der Waals surface area (Å²) in [4.78, 5) is 21.1. The first-order valence-electron chi connectivity index (χ1n) is 16.4. The predicted molar refractivity (Wildman–Crippen MR) is 164 cm³/mol. The van der Waals surface area contributed by atoms with Crippen LogP contribution in [0.5, 0.6) is 0 Å². The summed E-state index contributed by atoms with van der Waals surface area (Å²) in [6.45, 7) is 5.85. The molecule has 0 aliphatic rings. The molecule has 0 bridgehead atoms. The molecule has 0 radical (unpaired) electrons. The van der Waals surface area contributed by atoms with Crippen LogP contribution >= 0.6 is 0 Å². The average Bonchev–Trinajstić information content (AvgIpc) is 2.94. The van der Waals surface area contributed by atoms with Crippen LogP contribution in [0.15, 0.2) is 24.3 Å². The highest BCUT2D eigenvalue weighted by Gasteiger charge is 2.13. The van der Waals surface area contributed by atoms with E-state index in [1.165, 1.54) is 77.0 Å². The van der Waals surface area contributed by atoms with Gasteiger partial charge in [-0.3, -0.25) is 0 Å². The van der Waals surface area contributed by atoms with Crippen molar-refractivity contribution < 1.29 is 23.8 Å². The molecule has 0 saturated carbocycles. The molecule has 228 valence electrons.